The average molecular weight is 335 g/mol. The highest BCUT2D eigenvalue weighted by molar-refractivity contribution is 5.46. The highest BCUT2D eigenvalue weighted by Gasteiger charge is 2.12. The normalized spacial score (nSPS) is 10.4. The number of aromatic nitrogens is 1. The van der Waals surface area contributed by atoms with Crippen molar-refractivity contribution in [1.29, 1.82) is 0 Å². The molecule has 0 atom stereocenters. The Morgan fingerprint density at radius 1 is 0.840 bits per heavy atom. The van der Waals surface area contributed by atoms with E-state index in [1.54, 1.807) is 7.11 Å². The maximum absolute atomic E-state index is 6.09. The van der Waals surface area contributed by atoms with Crippen molar-refractivity contribution < 1.29 is 14.8 Å². The van der Waals surface area contributed by atoms with E-state index in [1.165, 1.54) is 5.56 Å². The third-order valence-corrected chi connectivity index (χ3v) is 4.00. The third kappa shape index (κ3) is 4.81. The minimum absolute atomic E-state index is 0.526. The molecule has 0 aliphatic carbocycles. The van der Waals surface area contributed by atoms with Gasteiger partial charge in [0.05, 0.1) is 12.7 Å². The van der Waals surface area contributed by atoms with Gasteiger partial charge in [0.1, 0.15) is 19.7 Å². The number of nitrogens with two attached hydrogens (primary N) is 1. The van der Waals surface area contributed by atoms with Crippen LogP contribution in [0, 0.1) is 0 Å². The Morgan fingerprint density at radius 2 is 1.64 bits per heavy atom. The molecule has 0 amide bonds. The lowest BCUT2D eigenvalue weighted by Gasteiger charge is -2.14. The second kappa shape index (κ2) is 8.85. The molecule has 0 radical (unpaired) electrons. The van der Waals surface area contributed by atoms with Gasteiger partial charge in [-0.25, -0.2) is 0 Å². The standard InChI is InChI=1S/C21H22N2O2/c1-24-20-9-5-8-19(15-23-14-17-10-12-22-13-11-17)21(20)25-16-18-6-3-2-4-7-18/h2-13,23H,14-16H2,1H3/p+1. The quantitative estimate of drug-likeness (QED) is 0.688. The van der Waals surface area contributed by atoms with Gasteiger partial charge < -0.3 is 14.8 Å². The molecule has 0 spiro atoms. The predicted octanol–water partition coefficient (Wildman–Crippen LogP) is 2.93. The van der Waals surface area contributed by atoms with Crippen LogP contribution in [0.3, 0.4) is 0 Å². The monoisotopic (exact) mass is 335 g/mol. The maximum atomic E-state index is 6.09. The Bertz CT molecular complexity index is 776. The molecule has 0 unspecified atom stereocenters. The second-order valence-corrected chi connectivity index (χ2v) is 5.78. The summed E-state index contributed by atoms with van der Waals surface area (Å²) >= 11 is 0. The van der Waals surface area contributed by atoms with Crippen molar-refractivity contribution in [2.24, 2.45) is 0 Å². The zero-order valence-electron chi connectivity index (χ0n) is 14.4. The average Bonchev–Trinajstić information content (AvgIpc) is 2.68. The first-order valence-electron chi connectivity index (χ1n) is 8.40. The fourth-order valence-electron chi connectivity index (χ4n) is 2.69. The molecule has 3 rings (SSSR count). The molecule has 25 heavy (non-hydrogen) atoms. The molecule has 4 nitrogen and oxygen atoms in total. The molecule has 3 aromatic rings. The summed E-state index contributed by atoms with van der Waals surface area (Å²) in [5.41, 5.74) is 3.52. The topological polar surface area (TPSA) is 48.0 Å². The highest BCUT2D eigenvalue weighted by atomic mass is 16.5. The van der Waals surface area contributed by atoms with Crippen LogP contribution < -0.4 is 14.8 Å². The van der Waals surface area contributed by atoms with Crippen LogP contribution in [0.15, 0.2) is 73.1 Å². The van der Waals surface area contributed by atoms with Crippen molar-refractivity contribution in [2.45, 2.75) is 19.7 Å². The number of hydrogen-bond acceptors (Lipinski definition) is 3. The smallest absolute Gasteiger partial charge is 0.170 e. The molecule has 2 N–H and O–H groups in total. The Morgan fingerprint density at radius 3 is 2.40 bits per heavy atom. The summed E-state index contributed by atoms with van der Waals surface area (Å²) in [6, 6.07) is 20.3. The molecule has 0 saturated carbocycles. The molecule has 1 aromatic heterocycles. The summed E-state index contributed by atoms with van der Waals surface area (Å²) in [4.78, 5) is 4.05. The zero-order chi connectivity index (χ0) is 17.3. The lowest BCUT2D eigenvalue weighted by molar-refractivity contribution is -0.686. The van der Waals surface area contributed by atoms with Gasteiger partial charge in [-0.05, 0) is 29.8 Å². The summed E-state index contributed by atoms with van der Waals surface area (Å²) in [5, 5.41) is 2.25. The summed E-state index contributed by atoms with van der Waals surface area (Å²) in [7, 11) is 1.68. The fraction of sp³-hybridized carbons (Fsp3) is 0.190. The molecule has 0 aliphatic heterocycles. The molecule has 1 heterocycles. The summed E-state index contributed by atoms with van der Waals surface area (Å²) in [6.07, 6.45) is 3.65. The van der Waals surface area contributed by atoms with E-state index >= 15 is 0 Å². The van der Waals surface area contributed by atoms with Gasteiger partial charge in [-0.3, -0.25) is 4.98 Å². The van der Waals surface area contributed by atoms with Gasteiger partial charge in [-0.15, -0.1) is 0 Å². The van der Waals surface area contributed by atoms with Crippen molar-refractivity contribution in [1.82, 2.24) is 4.98 Å². The van der Waals surface area contributed by atoms with Gasteiger partial charge in [0, 0.05) is 18.0 Å². The Balaban J connectivity index is 1.67. The van der Waals surface area contributed by atoms with Crippen molar-refractivity contribution in [3.05, 3.63) is 89.7 Å². The Hall–Kier alpha value is -2.85. The number of para-hydroxylation sites is 1. The number of quaternary nitrogens is 1. The van der Waals surface area contributed by atoms with Crippen molar-refractivity contribution >= 4 is 0 Å². The first kappa shape index (κ1) is 17.0. The molecule has 0 bridgehead atoms. The van der Waals surface area contributed by atoms with Gasteiger partial charge in [-0.2, -0.15) is 0 Å². The molecule has 128 valence electrons. The van der Waals surface area contributed by atoms with Gasteiger partial charge in [-0.1, -0.05) is 36.4 Å². The van der Waals surface area contributed by atoms with Gasteiger partial charge in [0.15, 0.2) is 11.5 Å². The van der Waals surface area contributed by atoms with Gasteiger partial charge in [0.25, 0.3) is 0 Å². The number of methoxy groups -OCH3 is 1. The number of nitrogens with zero attached hydrogens (tertiary/aromatic N) is 1. The van der Waals surface area contributed by atoms with Crippen LogP contribution in [0.25, 0.3) is 0 Å². The van der Waals surface area contributed by atoms with Crippen LogP contribution in [0.5, 0.6) is 11.5 Å². The number of ether oxygens (including phenoxy) is 2. The van der Waals surface area contributed by atoms with E-state index in [-0.39, 0.29) is 0 Å². The van der Waals surface area contributed by atoms with E-state index in [9.17, 15) is 0 Å². The number of benzene rings is 2. The maximum Gasteiger partial charge on any atom is 0.170 e. The van der Waals surface area contributed by atoms with E-state index in [0.717, 1.165) is 35.7 Å². The van der Waals surface area contributed by atoms with Gasteiger partial charge >= 0.3 is 0 Å². The van der Waals surface area contributed by atoms with E-state index < -0.39 is 0 Å². The molecule has 0 aliphatic rings. The second-order valence-electron chi connectivity index (χ2n) is 5.78. The molecular weight excluding hydrogens is 312 g/mol. The van der Waals surface area contributed by atoms with Gasteiger partial charge in [0.2, 0.25) is 0 Å². The fourth-order valence-corrected chi connectivity index (χ4v) is 2.69. The van der Waals surface area contributed by atoms with Crippen molar-refractivity contribution in [2.75, 3.05) is 7.11 Å². The number of pyridine rings is 1. The molecule has 4 heteroatoms. The highest BCUT2D eigenvalue weighted by Crippen LogP contribution is 2.31. The van der Waals surface area contributed by atoms with E-state index in [0.29, 0.717) is 6.61 Å². The largest absolute Gasteiger partial charge is 0.493 e. The minimum atomic E-state index is 0.526. The van der Waals surface area contributed by atoms with Crippen LogP contribution in [0.4, 0.5) is 0 Å². The van der Waals surface area contributed by atoms with Crippen molar-refractivity contribution in [3.8, 4) is 11.5 Å². The van der Waals surface area contributed by atoms with Crippen LogP contribution in [-0.4, -0.2) is 12.1 Å². The Kier molecular flexibility index (Phi) is 6.01. The lowest BCUT2D eigenvalue weighted by Crippen LogP contribution is -2.80. The molecule has 0 fully saturated rings. The summed E-state index contributed by atoms with van der Waals surface area (Å²) in [6.45, 7) is 2.25. The first-order valence-corrected chi connectivity index (χ1v) is 8.40. The van der Waals surface area contributed by atoms with Crippen LogP contribution in [-0.2, 0) is 19.7 Å². The third-order valence-electron chi connectivity index (χ3n) is 4.00. The summed E-state index contributed by atoms with van der Waals surface area (Å²) in [5.74, 6) is 1.59. The first-order chi connectivity index (χ1) is 12.4. The van der Waals surface area contributed by atoms with Crippen molar-refractivity contribution in [3.63, 3.8) is 0 Å². The zero-order valence-corrected chi connectivity index (χ0v) is 14.4. The van der Waals surface area contributed by atoms with E-state index in [4.69, 9.17) is 9.47 Å². The SMILES string of the molecule is COc1cccc(C[NH2+]Cc2ccncc2)c1OCc1ccccc1. The Labute approximate surface area is 148 Å². The van der Waals surface area contributed by atoms with Crippen LogP contribution >= 0.6 is 0 Å². The van der Waals surface area contributed by atoms with E-state index in [1.807, 2.05) is 54.9 Å². The minimum Gasteiger partial charge on any atom is -0.493 e. The summed E-state index contributed by atoms with van der Waals surface area (Å²) < 4.78 is 11.6. The molecule has 2 aromatic carbocycles. The van der Waals surface area contributed by atoms with Crippen LogP contribution in [0.1, 0.15) is 16.7 Å². The predicted molar refractivity (Wildman–Crippen MR) is 97.3 cm³/mol. The van der Waals surface area contributed by atoms with E-state index in [2.05, 4.69) is 28.5 Å². The molecular formula is C21H23N2O2+. The molecule has 0 saturated heterocycles. The lowest BCUT2D eigenvalue weighted by atomic mass is 10.1. The number of rotatable bonds is 8. The number of hydrogen-bond donors (Lipinski definition) is 1. The van der Waals surface area contributed by atoms with Crippen LogP contribution in [0.2, 0.25) is 0 Å².